The number of benzene rings is 2. The van der Waals surface area contributed by atoms with Crippen molar-refractivity contribution in [3.8, 4) is 0 Å². The van der Waals surface area contributed by atoms with Crippen LogP contribution < -0.4 is 10.2 Å². The van der Waals surface area contributed by atoms with Crippen molar-refractivity contribution in [3.05, 3.63) is 59.7 Å². The summed E-state index contributed by atoms with van der Waals surface area (Å²) in [5, 5.41) is 3.49. The van der Waals surface area contributed by atoms with Crippen molar-refractivity contribution in [1.29, 1.82) is 0 Å². The summed E-state index contributed by atoms with van der Waals surface area (Å²) in [6, 6.07) is 17.3. The van der Waals surface area contributed by atoms with Gasteiger partial charge in [0.05, 0.1) is 0 Å². The Bertz CT molecular complexity index is 531. The highest BCUT2D eigenvalue weighted by Crippen LogP contribution is 2.15. The van der Waals surface area contributed by atoms with Crippen molar-refractivity contribution in [2.75, 3.05) is 29.9 Å². The first-order valence-corrected chi connectivity index (χ1v) is 7.31. The van der Waals surface area contributed by atoms with Gasteiger partial charge in [-0.1, -0.05) is 29.8 Å². The van der Waals surface area contributed by atoms with Crippen molar-refractivity contribution >= 4 is 11.4 Å². The lowest BCUT2D eigenvalue weighted by atomic mass is 10.2. The molecule has 0 aliphatic carbocycles. The smallest absolute Gasteiger partial charge is 0.0366 e. The number of rotatable bonds is 6. The molecule has 0 amide bonds. The van der Waals surface area contributed by atoms with E-state index in [2.05, 4.69) is 79.5 Å². The molecule has 0 aliphatic rings. The fourth-order valence-electron chi connectivity index (χ4n) is 2.32. The number of hydrogen-bond acceptors (Lipinski definition) is 2. The van der Waals surface area contributed by atoms with Gasteiger partial charge in [-0.2, -0.15) is 0 Å². The Balaban J connectivity index is 1.89. The highest BCUT2D eigenvalue weighted by molar-refractivity contribution is 5.49. The molecule has 0 spiro atoms. The third-order valence-corrected chi connectivity index (χ3v) is 3.51. The van der Waals surface area contributed by atoms with Gasteiger partial charge in [-0.15, -0.1) is 0 Å². The normalized spacial score (nSPS) is 10.3. The van der Waals surface area contributed by atoms with Crippen molar-refractivity contribution in [3.63, 3.8) is 0 Å². The minimum atomic E-state index is 0.950. The van der Waals surface area contributed by atoms with Crippen LogP contribution in [0.3, 0.4) is 0 Å². The molecule has 0 saturated heterocycles. The Morgan fingerprint density at radius 1 is 0.950 bits per heavy atom. The summed E-state index contributed by atoms with van der Waals surface area (Å²) in [4.78, 5) is 2.39. The van der Waals surface area contributed by atoms with Gasteiger partial charge in [0.25, 0.3) is 0 Å². The molecule has 20 heavy (non-hydrogen) atoms. The predicted octanol–water partition coefficient (Wildman–Crippen LogP) is 4.24. The minimum Gasteiger partial charge on any atom is -0.383 e. The first-order valence-electron chi connectivity index (χ1n) is 7.31. The Labute approximate surface area is 122 Å². The highest BCUT2D eigenvalue weighted by Gasteiger charge is 2.03. The summed E-state index contributed by atoms with van der Waals surface area (Å²) in [6.45, 7) is 9.43. The van der Waals surface area contributed by atoms with E-state index < -0.39 is 0 Å². The quantitative estimate of drug-likeness (QED) is 0.843. The molecule has 2 heteroatoms. The molecule has 0 atom stereocenters. The molecule has 0 saturated carbocycles. The van der Waals surface area contributed by atoms with Crippen molar-refractivity contribution in [2.45, 2.75) is 20.8 Å². The lowest BCUT2D eigenvalue weighted by Crippen LogP contribution is -2.28. The molecule has 2 aromatic rings. The monoisotopic (exact) mass is 268 g/mol. The largest absolute Gasteiger partial charge is 0.383 e. The molecule has 0 heterocycles. The van der Waals surface area contributed by atoms with Gasteiger partial charge in [-0.3, -0.25) is 0 Å². The molecule has 1 N–H and O–H groups in total. The van der Waals surface area contributed by atoms with Crippen molar-refractivity contribution in [2.24, 2.45) is 0 Å². The number of nitrogens with one attached hydrogen (secondary N) is 1. The van der Waals surface area contributed by atoms with Gasteiger partial charge in [0.1, 0.15) is 0 Å². The van der Waals surface area contributed by atoms with Crippen LogP contribution in [0.5, 0.6) is 0 Å². The highest BCUT2D eigenvalue weighted by atomic mass is 15.1. The zero-order valence-electron chi connectivity index (χ0n) is 12.7. The predicted molar refractivity (Wildman–Crippen MR) is 88.7 cm³/mol. The van der Waals surface area contributed by atoms with Gasteiger partial charge < -0.3 is 10.2 Å². The molecular weight excluding hydrogens is 244 g/mol. The van der Waals surface area contributed by atoms with E-state index in [-0.39, 0.29) is 0 Å². The number of hydrogen-bond donors (Lipinski definition) is 1. The zero-order chi connectivity index (χ0) is 14.4. The lowest BCUT2D eigenvalue weighted by molar-refractivity contribution is 0.835. The van der Waals surface area contributed by atoms with Gasteiger partial charge in [0.2, 0.25) is 0 Å². The standard InChI is InChI=1S/C18H24N2/c1-4-20(18-10-8-15(2)9-11-18)13-12-19-17-7-5-6-16(3)14-17/h5-11,14,19H,4,12-13H2,1-3H3. The van der Waals surface area contributed by atoms with Gasteiger partial charge in [-0.05, 0) is 50.6 Å². The second-order valence-electron chi connectivity index (χ2n) is 5.21. The summed E-state index contributed by atoms with van der Waals surface area (Å²) in [6.07, 6.45) is 0. The van der Waals surface area contributed by atoms with Crippen LogP contribution in [0.15, 0.2) is 48.5 Å². The fraction of sp³-hybridized carbons (Fsp3) is 0.333. The van der Waals surface area contributed by atoms with E-state index in [1.54, 1.807) is 0 Å². The summed E-state index contributed by atoms with van der Waals surface area (Å²) in [7, 11) is 0. The SMILES string of the molecule is CCN(CCNc1cccc(C)c1)c1ccc(C)cc1. The van der Waals surface area contributed by atoms with Crippen LogP contribution in [0.25, 0.3) is 0 Å². The number of aryl methyl sites for hydroxylation is 2. The Morgan fingerprint density at radius 2 is 1.70 bits per heavy atom. The lowest BCUT2D eigenvalue weighted by Gasteiger charge is -2.23. The minimum absolute atomic E-state index is 0.950. The molecule has 0 aromatic heterocycles. The van der Waals surface area contributed by atoms with Gasteiger partial charge in [0.15, 0.2) is 0 Å². The number of likely N-dealkylation sites (N-methyl/N-ethyl adjacent to an activating group) is 1. The van der Waals surface area contributed by atoms with Crippen LogP contribution in [0.4, 0.5) is 11.4 Å². The molecule has 106 valence electrons. The van der Waals surface area contributed by atoms with Crippen LogP contribution >= 0.6 is 0 Å². The van der Waals surface area contributed by atoms with E-state index in [1.165, 1.54) is 22.5 Å². The van der Waals surface area contributed by atoms with Crippen LogP contribution in [-0.4, -0.2) is 19.6 Å². The maximum atomic E-state index is 3.49. The summed E-state index contributed by atoms with van der Waals surface area (Å²) in [5.41, 5.74) is 5.10. The fourth-order valence-corrected chi connectivity index (χ4v) is 2.32. The first-order chi connectivity index (χ1) is 9.69. The van der Waals surface area contributed by atoms with Gasteiger partial charge in [0, 0.05) is 31.0 Å². The molecule has 0 bridgehead atoms. The van der Waals surface area contributed by atoms with Crippen LogP contribution in [-0.2, 0) is 0 Å². The van der Waals surface area contributed by atoms with E-state index in [1.807, 2.05) is 0 Å². The van der Waals surface area contributed by atoms with E-state index >= 15 is 0 Å². The van der Waals surface area contributed by atoms with Crippen LogP contribution in [0, 0.1) is 13.8 Å². The van der Waals surface area contributed by atoms with Crippen molar-refractivity contribution < 1.29 is 0 Å². The Kier molecular flexibility index (Phi) is 5.05. The first kappa shape index (κ1) is 14.4. The maximum Gasteiger partial charge on any atom is 0.0366 e. The molecule has 0 fully saturated rings. The summed E-state index contributed by atoms with van der Waals surface area (Å²) >= 11 is 0. The van der Waals surface area contributed by atoms with E-state index in [0.29, 0.717) is 0 Å². The van der Waals surface area contributed by atoms with Crippen LogP contribution in [0.2, 0.25) is 0 Å². The second-order valence-corrected chi connectivity index (χ2v) is 5.21. The van der Waals surface area contributed by atoms with Crippen LogP contribution in [0.1, 0.15) is 18.1 Å². The number of nitrogens with zero attached hydrogens (tertiary/aromatic N) is 1. The molecule has 0 radical (unpaired) electrons. The molecule has 2 nitrogen and oxygen atoms in total. The number of anilines is 2. The third-order valence-electron chi connectivity index (χ3n) is 3.51. The Hall–Kier alpha value is -1.96. The summed E-state index contributed by atoms with van der Waals surface area (Å²) in [5.74, 6) is 0. The molecular formula is C18H24N2. The van der Waals surface area contributed by atoms with Crippen molar-refractivity contribution in [1.82, 2.24) is 0 Å². The topological polar surface area (TPSA) is 15.3 Å². The zero-order valence-corrected chi connectivity index (χ0v) is 12.7. The maximum absolute atomic E-state index is 3.49. The van der Waals surface area contributed by atoms with E-state index in [9.17, 15) is 0 Å². The van der Waals surface area contributed by atoms with E-state index in [0.717, 1.165) is 19.6 Å². The average Bonchev–Trinajstić information content (AvgIpc) is 2.45. The third kappa shape index (κ3) is 4.02. The van der Waals surface area contributed by atoms with Gasteiger partial charge in [-0.25, -0.2) is 0 Å². The molecule has 2 aromatic carbocycles. The average molecular weight is 268 g/mol. The summed E-state index contributed by atoms with van der Waals surface area (Å²) < 4.78 is 0. The molecule has 0 aliphatic heterocycles. The molecule has 0 unspecified atom stereocenters. The second kappa shape index (κ2) is 6.99. The van der Waals surface area contributed by atoms with Gasteiger partial charge >= 0.3 is 0 Å². The van der Waals surface area contributed by atoms with E-state index in [4.69, 9.17) is 0 Å². The molecule has 2 rings (SSSR count). The Morgan fingerprint density at radius 3 is 2.35 bits per heavy atom.